The molecule has 0 saturated heterocycles. The third kappa shape index (κ3) is 4.32. The fourth-order valence-electron chi connectivity index (χ4n) is 1.36. The summed E-state index contributed by atoms with van der Waals surface area (Å²) in [4.78, 5) is 11.7. The fourth-order valence-corrected chi connectivity index (χ4v) is 1.36. The molecule has 0 saturated carbocycles. The molecule has 0 bridgehead atoms. The van der Waals surface area contributed by atoms with Crippen LogP contribution in [0.5, 0.6) is 0 Å². The average molecular weight is 238 g/mol. The third-order valence-electron chi connectivity index (χ3n) is 2.08. The predicted octanol–water partition coefficient (Wildman–Crippen LogP) is 1.43. The van der Waals surface area contributed by atoms with Crippen molar-refractivity contribution in [2.45, 2.75) is 20.0 Å². The summed E-state index contributed by atoms with van der Waals surface area (Å²) in [7, 11) is 0. The molecule has 17 heavy (non-hydrogen) atoms. The molecular weight excluding hydrogens is 220 g/mol. The van der Waals surface area contributed by atoms with Gasteiger partial charge in [-0.05, 0) is 32.0 Å². The number of anilines is 2. The molecule has 0 amide bonds. The second kappa shape index (κ2) is 6.10. The van der Waals surface area contributed by atoms with Gasteiger partial charge in [-0.3, -0.25) is 0 Å². The Kier molecular flexibility index (Phi) is 4.78. The van der Waals surface area contributed by atoms with Crippen molar-refractivity contribution in [1.29, 1.82) is 0 Å². The third-order valence-corrected chi connectivity index (χ3v) is 2.08. The molecule has 5 heteroatoms. The number of rotatable bonds is 5. The molecule has 1 rings (SSSR count). The average Bonchev–Trinajstić information content (AvgIpc) is 2.25. The highest BCUT2D eigenvalue weighted by atomic mass is 16.6. The van der Waals surface area contributed by atoms with Crippen molar-refractivity contribution in [3.05, 3.63) is 23.8 Å². The molecule has 0 spiro atoms. The number of carbonyl (C=O) groups excluding carboxylic acids is 1. The van der Waals surface area contributed by atoms with Gasteiger partial charge in [0, 0.05) is 18.0 Å². The smallest absolute Gasteiger partial charge is 0.338 e. The van der Waals surface area contributed by atoms with Gasteiger partial charge in [0.25, 0.3) is 0 Å². The van der Waals surface area contributed by atoms with E-state index in [0.717, 1.165) is 0 Å². The van der Waals surface area contributed by atoms with Crippen LogP contribution in [0, 0.1) is 0 Å². The fraction of sp³-hybridized carbons (Fsp3) is 0.417. The summed E-state index contributed by atoms with van der Waals surface area (Å²) in [6.45, 7) is 4.61. The Morgan fingerprint density at radius 1 is 1.29 bits per heavy atom. The molecule has 5 nitrogen and oxygen atoms in total. The molecule has 4 N–H and O–H groups in total. The van der Waals surface area contributed by atoms with Crippen molar-refractivity contribution >= 4 is 17.3 Å². The van der Waals surface area contributed by atoms with Crippen LogP contribution < -0.4 is 11.5 Å². The molecule has 1 aromatic rings. The first-order valence-electron chi connectivity index (χ1n) is 5.47. The minimum atomic E-state index is -0.448. The molecule has 0 heterocycles. The van der Waals surface area contributed by atoms with E-state index >= 15 is 0 Å². The summed E-state index contributed by atoms with van der Waals surface area (Å²) >= 11 is 0. The van der Waals surface area contributed by atoms with E-state index < -0.39 is 5.97 Å². The zero-order chi connectivity index (χ0) is 12.8. The Bertz CT molecular complexity index is 373. The minimum Gasteiger partial charge on any atom is -0.457 e. The van der Waals surface area contributed by atoms with E-state index in [4.69, 9.17) is 20.9 Å². The SMILES string of the molecule is CCOCC(C)OC(=O)c1cc(N)cc(N)c1. The normalized spacial score (nSPS) is 12.1. The van der Waals surface area contributed by atoms with Crippen LogP contribution >= 0.6 is 0 Å². The Morgan fingerprint density at radius 3 is 2.41 bits per heavy atom. The van der Waals surface area contributed by atoms with Gasteiger partial charge in [-0.15, -0.1) is 0 Å². The summed E-state index contributed by atoms with van der Waals surface area (Å²) in [5, 5.41) is 0. The summed E-state index contributed by atoms with van der Waals surface area (Å²) in [5.74, 6) is -0.448. The van der Waals surface area contributed by atoms with Gasteiger partial charge in [-0.1, -0.05) is 0 Å². The van der Waals surface area contributed by atoms with Crippen molar-refractivity contribution in [2.75, 3.05) is 24.7 Å². The van der Waals surface area contributed by atoms with Gasteiger partial charge >= 0.3 is 5.97 Å². The summed E-state index contributed by atoms with van der Waals surface area (Å²) in [6, 6.07) is 4.65. The number of nitrogen functional groups attached to an aromatic ring is 2. The van der Waals surface area contributed by atoms with E-state index in [2.05, 4.69) is 0 Å². The van der Waals surface area contributed by atoms with E-state index in [0.29, 0.717) is 30.2 Å². The maximum absolute atomic E-state index is 11.7. The van der Waals surface area contributed by atoms with Crippen molar-refractivity contribution in [2.24, 2.45) is 0 Å². The largest absolute Gasteiger partial charge is 0.457 e. The number of hydrogen-bond donors (Lipinski definition) is 2. The molecule has 0 aliphatic carbocycles. The van der Waals surface area contributed by atoms with E-state index in [1.165, 1.54) is 12.1 Å². The molecule has 0 aromatic heterocycles. The Hall–Kier alpha value is -1.75. The zero-order valence-electron chi connectivity index (χ0n) is 10.1. The highest BCUT2D eigenvalue weighted by Gasteiger charge is 2.12. The quantitative estimate of drug-likeness (QED) is 0.598. The molecule has 0 fully saturated rings. The molecule has 1 atom stereocenters. The molecule has 1 unspecified atom stereocenters. The van der Waals surface area contributed by atoms with Gasteiger partial charge in [0.15, 0.2) is 0 Å². The summed E-state index contributed by atoms with van der Waals surface area (Å²) < 4.78 is 10.3. The molecule has 0 radical (unpaired) electrons. The lowest BCUT2D eigenvalue weighted by Crippen LogP contribution is -2.20. The van der Waals surface area contributed by atoms with Crippen LogP contribution in [0.1, 0.15) is 24.2 Å². The number of carbonyl (C=O) groups is 1. The molecule has 1 aromatic carbocycles. The number of nitrogens with two attached hydrogens (primary N) is 2. The van der Waals surface area contributed by atoms with E-state index in [1.807, 2.05) is 6.92 Å². The molecule has 0 aliphatic heterocycles. The lowest BCUT2D eigenvalue weighted by molar-refractivity contribution is 0.00440. The maximum Gasteiger partial charge on any atom is 0.338 e. The number of ether oxygens (including phenoxy) is 2. The van der Waals surface area contributed by atoms with Gasteiger partial charge in [-0.2, -0.15) is 0 Å². The Balaban J connectivity index is 2.63. The van der Waals surface area contributed by atoms with Crippen LogP contribution in [0.3, 0.4) is 0 Å². The van der Waals surface area contributed by atoms with Crippen LogP contribution in [-0.2, 0) is 9.47 Å². The van der Waals surface area contributed by atoms with Crippen molar-refractivity contribution in [3.8, 4) is 0 Å². The Morgan fingerprint density at radius 2 is 1.88 bits per heavy atom. The monoisotopic (exact) mass is 238 g/mol. The van der Waals surface area contributed by atoms with Gasteiger partial charge in [0.05, 0.1) is 12.2 Å². The van der Waals surface area contributed by atoms with Crippen molar-refractivity contribution < 1.29 is 14.3 Å². The second-order valence-electron chi connectivity index (χ2n) is 3.76. The maximum atomic E-state index is 11.7. The molecular formula is C12H18N2O3. The zero-order valence-corrected chi connectivity index (χ0v) is 10.1. The molecule has 0 aliphatic rings. The van der Waals surface area contributed by atoms with Crippen LogP contribution in [0.15, 0.2) is 18.2 Å². The number of esters is 1. The first-order chi connectivity index (χ1) is 8.02. The van der Waals surface area contributed by atoms with Gasteiger partial charge in [0.1, 0.15) is 6.10 Å². The van der Waals surface area contributed by atoms with Crippen LogP contribution in [0.2, 0.25) is 0 Å². The highest BCUT2D eigenvalue weighted by molar-refractivity contribution is 5.91. The van der Waals surface area contributed by atoms with Crippen molar-refractivity contribution in [1.82, 2.24) is 0 Å². The van der Waals surface area contributed by atoms with Crippen LogP contribution in [0.4, 0.5) is 11.4 Å². The first kappa shape index (κ1) is 13.3. The lowest BCUT2D eigenvalue weighted by Gasteiger charge is -2.13. The first-order valence-corrected chi connectivity index (χ1v) is 5.47. The summed E-state index contributed by atoms with van der Waals surface area (Å²) in [5.41, 5.74) is 12.4. The highest BCUT2D eigenvalue weighted by Crippen LogP contribution is 2.15. The summed E-state index contributed by atoms with van der Waals surface area (Å²) in [6.07, 6.45) is -0.301. The van der Waals surface area contributed by atoms with E-state index in [9.17, 15) is 4.79 Å². The van der Waals surface area contributed by atoms with Crippen LogP contribution in [-0.4, -0.2) is 25.3 Å². The van der Waals surface area contributed by atoms with Gasteiger partial charge < -0.3 is 20.9 Å². The number of benzene rings is 1. The topological polar surface area (TPSA) is 87.6 Å². The second-order valence-corrected chi connectivity index (χ2v) is 3.76. The van der Waals surface area contributed by atoms with Gasteiger partial charge in [0.2, 0.25) is 0 Å². The standard InChI is InChI=1S/C12H18N2O3/c1-3-16-7-8(2)17-12(15)9-4-10(13)6-11(14)5-9/h4-6,8H,3,7,13-14H2,1-2H3. The number of hydrogen-bond acceptors (Lipinski definition) is 5. The minimum absolute atomic E-state index is 0.301. The van der Waals surface area contributed by atoms with E-state index in [1.54, 1.807) is 13.0 Å². The van der Waals surface area contributed by atoms with Crippen molar-refractivity contribution in [3.63, 3.8) is 0 Å². The Labute approximate surface area is 101 Å². The predicted molar refractivity (Wildman–Crippen MR) is 66.6 cm³/mol. The van der Waals surface area contributed by atoms with E-state index in [-0.39, 0.29) is 6.10 Å². The van der Waals surface area contributed by atoms with Crippen LogP contribution in [0.25, 0.3) is 0 Å². The van der Waals surface area contributed by atoms with Gasteiger partial charge in [-0.25, -0.2) is 4.79 Å². The molecule has 94 valence electrons. The lowest BCUT2D eigenvalue weighted by atomic mass is 10.2.